The second-order valence-electron chi connectivity index (χ2n) is 5.35. The fourth-order valence-electron chi connectivity index (χ4n) is 2.29. The lowest BCUT2D eigenvalue weighted by atomic mass is 10.0. The molecule has 108 valence electrons. The SMILES string of the molecule is CCCCN(CCCC)CCC(N)c1ccccc1. The van der Waals surface area contributed by atoms with Crippen LogP contribution < -0.4 is 5.73 Å². The molecule has 0 aliphatic rings. The largest absolute Gasteiger partial charge is 0.324 e. The second-order valence-corrected chi connectivity index (χ2v) is 5.35. The maximum atomic E-state index is 6.27. The third kappa shape index (κ3) is 6.74. The average molecular weight is 262 g/mol. The Balaban J connectivity index is 2.37. The Labute approximate surface area is 119 Å². The van der Waals surface area contributed by atoms with Crippen LogP contribution in [0.1, 0.15) is 57.6 Å². The van der Waals surface area contributed by atoms with Crippen LogP contribution in [0.2, 0.25) is 0 Å². The van der Waals surface area contributed by atoms with Gasteiger partial charge < -0.3 is 10.6 Å². The van der Waals surface area contributed by atoms with Crippen LogP contribution in [0.25, 0.3) is 0 Å². The van der Waals surface area contributed by atoms with Gasteiger partial charge in [-0.15, -0.1) is 0 Å². The van der Waals surface area contributed by atoms with Crippen molar-refractivity contribution in [1.29, 1.82) is 0 Å². The number of benzene rings is 1. The topological polar surface area (TPSA) is 29.3 Å². The monoisotopic (exact) mass is 262 g/mol. The molecule has 0 aliphatic heterocycles. The predicted octanol–water partition coefficient (Wildman–Crippen LogP) is 3.98. The number of hydrogen-bond acceptors (Lipinski definition) is 2. The van der Waals surface area contributed by atoms with Gasteiger partial charge >= 0.3 is 0 Å². The Morgan fingerprint density at radius 1 is 0.947 bits per heavy atom. The van der Waals surface area contributed by atoms with Gasteiger partial charge in [0, 0.05) is 6.04 Å². The highest BCUT2D eigenvalue weighted by Crippen LogP contribution is 2.14. The van der Waals surface area contributed by atoms with E-state index in [-0.39, 0.29) is 6.04 Å². The predicted molar refractivity (Wildman–Crippen MR) is 84.2 cm³/mol. The van der Waals surface area contributed by atoms with E-state index in [4.69, 9.17) is 5.73 Å². The maximum Gasteiger partial charge on any atom is 0.0307 e. The molecule has 19 heavy (non-hydrogen) atoms. The molecule has 0 saturated carbocycles. The van der Waals surface area contributed by atoms with Crippen molar-refractivity contribution in [3.8, 4) is 0 Å². The molecular weight excluding hydrogens is 232 g/mol. The lowest BCUT2D eigenvalue weighted by molar-refractivity contribution is 0.255. The standard InChI is InChI=1S/C17H30N2/c1-3-5-13-19(14-6-4-2)15-12-17(18)16-10-8-7-9-11-16/h7-11,17H,3-6,12-15,18H2,1-2H3. The minimum Gasteiger partial charge on any atom is -0.324 e. The third-order valence-electron chi connectivity index (χ3n) is 3.64. The third-order valence-corrected chi connectivity index (χ3v) is 3.64. The summed E-state index contributed by atoms with van der Waals surface area (Å²) in [7, 11) is 0. The van der Waals surface area contributed by atoms with Crippen molar-refractivity contribution < 1.29 is 0 Å². The number of nitrogens with zero attached hydrogens (tertiary/aromatic N) is 1. The molecule has 1 rings (SSSR count). The molecule has 0 aliphatic carbocycles. The van der Waals surface area contributed by atoms with E-state index in [1.54, 1.807) is 0 Å². The smallest absolute Gasteiger partial charge is 0.0307 e. The average Bonchev–Trinajstić information content (AvgIpc) is 2.47. The molecule has 0 heterocycles. The summed E-state index contributed by atoms with van der Waals surface area (Å²) in [6.07, 6.45) is 6.19. The van der Waals surface area contributed by atoms with Crippen LogP contribution in [0, 0.1) is 0 Å². The summed E-state index contributed by atoms with van der Waals surface area (Å²) in [5, 5.41) is 0. The quantitative estimate of drug-likeness (QED) is 0.691. The van der Waals surface area contributed by atoms with Gasteiger partial charge in [0.15, 0.2) is 0 Å². The number of hydrogen-bond donors (Lipinski definition) is 1. The maximum absolute atomic E-state index is 6.27. The molecule has 1 unspecified atom stereocenters. The summed E-state index contributed by atoms with van der Waals surface area (Å²) < 4.78 is 0. The minimum atomic E-state index is 0.173. The first-order chi connectivity index (χ1) is 9.27. The fourth-order valence-corrected chi connectivity index (χ4v) is 2.29. The van der Waals surface area contributed by atoms with Gasteiger partial charge in [-0.05, 0) is 44.5 Å². The van der Waals surface area contributed by atoms with Gasteiger partial charge in [0.1, 0.15) is 0 Å². The summed E-state index contributed by atoms with van der Waals surface area (Å²) in [6.45, 7) is 8.08. The van der Waals surface area contributed by atoms with Crippen LogP contribution in [0.4, 0.5) is 0 Å². The van der Waals surface area contributed by atoms with Crippen LogP contribution in [-0.4, -0.2) is 24.5 Å². The minimum absolute atomic E-state index is 0.173. The lowest BCUT2D eigenvalue weighted by Gasteiger charge is -2.23. The zero-order valence-electron chi connectivity index (χ0n) is 12.6. The van der Waals surface area contributed by atoms with Gasteiger partial charge in [-0.2, -0.15) is 0 Å². The van der Waals surface area contributed by atoms with Crippen molar-refractivity contribution in [3.63, 3.8) is 0 Å². The summed E-state index contributed by atoms with van der Waals surface area (Å²) in [6, 6.07) is 10.6. The van der Waals surface area contributed by atoms with E-state index in [0.29, 0.717) is 0 Å². The number of nitrogens with two attached hydrogens (primary N) is 1. The van der Waals surface area contributed by atoms with E-state index in [1.165, 1.54) is 44.3 Å². The Hall–Kier alpha value is -0.860. The van der Waals surface area contributed by atoms with Gasteiger partial charge in [-0.1, -0.05) is 57.0 Å². The first kappa shape index (κ1) is 16.2. The summed E-state index contributed by atoms with van der Waals surface area (Å²) in [4.78, 5) is 2.58. The first-order valence-corrected chi connectivity index (χ1v) is 7.80. The molecular formula is C17H30N2. The van der Waals surface area contributed by atoms with Crippen LogP contribution in [0.5, 0.6) is 0 Å². The van der Waals surface area contributed by atoms with Crippen LogP contribution in [0.3, 0.4) is 0 Å². The molecule has 0 spiro atoms. The normalized spacial score (nSPS) is 12.8. The Morgan fingerprint density at radius 2 is 1.53 bits per heavy atom. The van der Waals surface area contributed by atoms with Crippen molar-refractivity contribution in [2.24, 2.45) is 5.73 Å². The molecule has 0 amide bonds. The van der Waals surface area contributed by atoms with Crippen molar-refractivity contribution in [3.05, 3.63) is 35.9 Å². The fraction of sp³-hybridized carbons (Fsp3) is 0.647. The molecule has 0 aromatic heterocycles. The Morgan fingerprint density at radius 3 is 2.05 bits per heavy atom. The molecule has 2 nitrogen and oxygen atoms in total. The van der Waals surface area contributed by atoms with E-state index >= 15 is 0 Å². The van der Waals surface area contributed by atoms with Gasteiger partial charge in [0.2, 0.25) is 0 Å². The second kappa shape index (κ2) is 9.99. The molecule has 1 atom stereocenters. The van der Waals surface area contributed by atoms with Crippen LogP contribution >= 0.6 is 0 Å². The van der Waals surface area contributed by atoms with E-state index in [2.05, 4.69) is 43.0 Å². The van der Waals surface area contributed by atoms with E-state index < -0.39 is 0 Å². The zero-order valence-corrected chi connectivity index (χ0v) is 12.6. The zero-order chi connectivity index (χ0) is 13.9. The molecule has 1 aromatic carbocycles. The molecule has 0 saturated heterocycles. The molecule has 0 fully saturated rings. The Bertz CT molecular complexity index is 302. The molecule has 0 radical (unpaired) electrons. The summed E-state index contributed by atoms with van der Waals surface area (Å²) in [5.74, 6) is 0. The number of rotatable bonds is 10. The van der Waals surface area contributed by atoms with Gasteiger partial charge in [0.25, 0.3) is 0 Å². The van der Waals surface area contributed by atoms with Gasteiger partial charge in [-0.25, -0.2) is 0 Å². The van der Waals surface area contributed by atoms with Crippen molar-refractivity contribution in [1.82, 2.24) is 4.90 Å². The van der Waals surface area contributed by atoms with E-state index in [9.17, 15) is 0 Å². The van der Waals surface area contributed by atoms with E-state index in [1.807, 2.05) is 6.07 Å². The highest BCUT2D eigenvalue weighted by Gasteiger charge is 2.09. The van der Waals surface area contributed by atoms with Crippen LogP contribution in [0.15, 0.2) is 30.3 Å². The molecule has 2 heteroatoms. The lowest BCUT2D eigenvalue weighted by Crippen LogP contribution is -2.29. The van der Waals surface area contributed by atoms with Crippen LogP contribution in [-0.2, 0) is 0 Å². The van der Waals surface area contributed by atoms with Crippen molar-refractivity contribution >= 4 is 0 Å². The summed E-state index contributed by atoms with van der Waals surface area (Å²) >= 11 is 0. The van der Waals surface area contributed by atoms with Crippen molar-refractivity contribution in [2.45, 2.75) is 52.0 Å². The first-order valence-electron chi connectivity index (χ1n) is 7.80. The number of unbranched alkanes of at least 4 members (excludes halogenated alkanes) is 2. The Kier molecular flexibility index (Phi) is 8.52. The van der Waals surface area contributed by atoms with Crippen molar-refractivity contribution in [2.75, 3.05) is 19.6 Å². The van der Waals surface area contributed by atoms with E-state index in [0.717, 1.165) is 13.0 Å². The highest BCUT2D eigenvalue weighted by atomic mass is 15.1. The summed E-state index contributed by atoms with van der Waals surface area (Å²) in [5.41, 5.74) is 7.53. The van der Waals surface area contributed by atoms with Gasteiger partial charge in [-0.3, -0.25) is 0 Å². The van der Waals surface area contributed by atoms with Gasteiger partial charge in [0.05, 0.1) is 0 Å². The molecule has 1 aromatic rings. The highest BCUT2D eigenvalue weighted by molar-refractivity contribution is 5.18. The molecule has 2 N–H and O–H groups in total. The molecule has 0 bridgehead atoms.